The number of furan rings is 1. The maximum absolute atomic E-state index is 12.9. The molecule has 1 fully saturated rings. The topological polar surface area (TPSA) is 109 Å². The Morgan fingerprint density at radius 2 is 1.94 bits per heavy atom. The molecule has 1 unspecified atom stereocenters. The zero-order valence-corrected chi connectivity index (χ0v) is 18.9. The van der Waals surface area contributed by atoms with Gasteiger partial charge in [0.25, 0.3) is 0 Å². The van der Waals surface area contributed by atoms with E-state index in [0.717, 1.165) is 25.7 Å². The predicted octanol–water partition coefficient (Wildman–Crippen LogP) is 2.88. The average Bonchev–Trinajstić information content (AvgIpc) is 2.99. The van der Waals surface area contributed by atoms with Crippen molar-refractivity contribution in [3.63, 3.8) is 0 Å². The van der Waals surface area contributed by atoms with E-state index in [1.807, 2.05) is 0 Å². The molecule has 1 atom stereocenters. The molecule has 4 rings (SSSR count). The van der Waals surface area contributed by atoms with E-state index in [1.54, 1.807) is 30.0 Å². The Morgan fingerprint density at radius 3 is 2.61 bits per heavy atom. The molecule has 31 heavy (non-hydrogen) atoms. The number of sulfonamides is 1. The number of benzene rings is 1. The van der Waals surface area contributed by atoms with Gasteiger partial charge in [0.2, 0.25) is 21.8 Å². The fraction of sp³-hybridized carbons (Fsp3) is 0.429. The van der Waals surface area contributed by atoms with Crippen molar-refractivity contribution >= 4 is 39.3 Å². The van der Waals surface area contributed by atoms with Gasteiger partial charge in [0, 0.05) is 18.0 Å². The van der Waals surface area contributed by atoms with E-state index in [1.165, 1.54) is 23.9 Å². The normalized spacial score (nSPS) is 19.5. The molecular weight excluding hydrogens is 438 g/mol. The summed E-state index contributed by atoms with van der Waals surface area (Å²) >= 11 is 1.17. The summed E-state index contributed by atoms with van der Waals surface area (Å²) in [5.41, 5.74) is 0.395. The molecule has 0 aliphatic carbocycles. The molecule has 0 radical (unpaired) electrons. The van der Waals surface area contributed by atoms with E-state index in [2.05, 4.69) is 10.0 Å². The number of nitrogens with zero attached hydrogens (tertiary/aromatic N) is 1. The Bertz CT molecular complexity index is 1090. The van der Waals surface area contributed by atoms with Crippen molar-refractivity contribution in [1.82, 2.24) is 9.62 Å². The number of thioether (sulfide) groups is 1. The Hall–Kier alpha value is -2.30. The minimum atomic E-state index is -3.80. The number of fused-ring (bicyclic) bond motifs is 1. The van der Waals surface area contributed by atoms with Crippen molar-refractivity contribution in [2.45, 2.75) is 54.2 Å². The van der Waals surface area contributed by atoms with Gasteiger partial charge in [-0.05, 0) is 50.1 Å². The van der Waals surface area contributed by atoms with Crippen LogP contribution in [0.1, 0.15) is 37.2 Å². The van der Waals surface area contributed by atoms with Crippen LogP contribution in [0.3, 0.4) is 0 Å². The highest BCUT2D eigenvalue weighted by molar-refractivity contribution is 8.01. The third-order valence-corrected chi connectivity index (χ3v) is 8.04. The number of hydrogen-bond acceptors (Lipinski definition) is 6. The molecule has 2 amide bonds. The maximum atomic E-state index is 12.9. The molecule has 2 N–H and O–H groups in total. The quantitative estimate of drug-likeness (QED) is 0.660. The van der Waals surface area contributed by atoms with Crippen molar-refractivity contribution in [3.05, 3.63) is 41.9 Å². The standard InChI is InChI=1S/C21H25N3O5S2/c1-14-6-7-15(29-14)13-22-31(27,28)16-8-9-18-17(12-16)23-20(25)19(30-18)21(26)24-10-4-2-3-5-11-24/h6-9,12,19,22H,2-5,10-11,13H2,1H3,(H,23,25). The van der Waals surface area contributed by atoms with Gasteiger partial charge in [0.15, 0.2) is 5.25 Å². The largest absolute Gasteiger partial charge is 0.465 e. The molecule has 10 heteroatoms. The first kappa shape index (κ1) is 21.9. The van der Waals surface area contributed by atoms with Crippen LogP contribution in [-0.2, 0) is 26.2 Å². The first-order chi connectivity index (χ1) is 14.8. The lowest BCUT2D eigenvalue weighted by molar-refractivity contribution is -0.133. The van der Waals surface area contributed by atoms with E-state index in [0.29, 0.717) is 35.2 Å². The molecule has 2 aliphatic rings. The van der Waals surface area contributed by atoms with Crippen molar-refractivity contribution in [3.8, 4) is 0 Å². The maximum Gasteiger partial charge on any atom is 0.247 e. The van der Waals surface area contributed by atoms with Crippen LogP contribution < -0.4 is 10.0 Å². The van der Waals surface area contributed by atoms with Crippen molar-refractivity contribution < 1.29 is 22.4 Å². The summed E-state index contributed by atoms with van der Waals surface area (Å²) in [6.45, 7) is 3.16. The molecular formula is C21H25N3O5S2. The average molecular weight is 464 g/mol. The van der Waals surface area contributed by atoms with Crippen LogP contribution in [0.5, 0.6) is 0 Å². The molecule has 1 aromatic carbocycles. The number of likely N-dealkylation sites (tertiary alicyclic amines) is 1. The van der Waals surface area contributed by atoms with Crippen LogP contribution in [0.4, 0.5) is 5.69 Å². The molecule has 166 valence electrons. The van der Waals surface area contributed by atoms with E-state index < -0.39 is 21.2 Å². The van der Waals surface area contributed by atoms with Gasteiger partial charge < -0.3 is 14.6 Å². The van der Waals surface area contributed by atoms with Crippen molar-refractivity contribution in [2.24, 2.45) is 0 Å². The zero-order chi connectivity index (χ0) is 22.0. The lowest BCUT2D eigenvalue weighted by Gasteiger charge is -2.28. The molecule has 2 aliphatic heterocycles. The summed E-state index contributed by atoms with van der Waals surface area (Å²) in [5.74, 6) is 0.618. The van der Waals surface area contributed by atoms with Gasteiger partial charge >= 0.3 is 0 Å². The lowest BCUT2D eigenvalue weighted by atomic mass is 10.2. The summed E-state index contributed by atoms with van der Waals surface area (Å²) in [6, 6.07) is 8.00. The van der Waals surface area contributed by atoms with E-state index in [4.69, 9.17) is 4.42 Å². The van der Waals surface area contributed by atoms with E-state index in [9.17, 15) is 18.0 Å². The summed E-state index contributed by atoms with van der Waals surface area (Å²) in [7, 11) is -3.80. The van der Waals surface area contributed by atoms with Gasteiger partial charge in [0.05, 0.1) is 17.1 Å². The highest BCUT2D eigenvalue weighted by Gasteiger charge is 2.36. The van der Waals surface area contributed by atoms with E-state index >= 15 is 0 Å². The third-order valence-electron chi connectivity index (χ3n) is 5.38. The number of anilines is 1. The summed E-state index contributed by atoms with van der Waals surface area (Å²) in [5, 5.41) is 1.86. The molecule has 0 bridgehead atoms. The number of aryl methyl sites for hydroxylation is 1. The molecule has 0 saturated carbocycles. The summed E-state index contributed by atoms with van der Waals surface area (Å²) < 4.78 is 33.2. The predicted molar refractivity (Wildman–Crippen MR) is 117 cm³/mol. The number of rotatable bonds is 5. The van der Waals surface area contributed by atoms with Crippen LogP contribution in [-0.4, -0.2) is 43.5 Å². The molecule has 0 spiro atoms. The Balaban J connectivity index is 1.47. The van der Waals surface area contributed by atoms with Crippen LogP contribution in [0.15, 0.2) is 44.5 Å². The third kappa shape index (κ3) is 4.97. The SMILES string of the molecule is Cc1ccc(CNS(=O)(=O)c2ccc3c(c2)NC(=O)C(C(=O)N2CCCCCC2)S3)o1. The van der Waals surface area contributed by atoms with Gasteiger partial charge in [0.1, 0.15) is 11.5 Å². The second-order valence-corrected chi connectivity index (χ2v) is 10.6. The van der Waals surface area contributed by atoms with Crippen LogP contribution in [0.2, 0.25) is 0 Å². The highest BCUT2D eigenvalue weighted by atomic mass is 32.2. The van der Waals surface area contributed by atoms with Crippen molar-refractivity contribution in [2.75, 3.05) is 18.4 Å². The monoisotopic (exact) mass is 463 g/mol. The number of nitrogens with one attached hydrogen (secondary N) is 2. The smallest absolute Gasteiger partial charge is 0.247 e. The first-order valence-corrected chi connectivity index (χ1v) is 12.6. The second-order valence-electron chi connectivity index (χ2n) is 7.72. The summed E-state index contributed by atoms with van der Waals surface area (Å²) in [6.07, 6.45) is 4.10. The van der Waals surface area contributed by atoms with Gasteiger partial charge in [-0.15, -0.1) is 11.8 Å². The Morgan fingerprint density at radius 1 is 1.19 bits per heavy atom. The van der Waals surface area contributed by atoms with Gasteiger partial charge in [-0.2, -0.15) is 0 Å². The molecule has 8 nitrogen and oxygen atoms in total. The van der Waals surface area contributed by atoms with Crippen LogP contribution in [0, 0.1) is 6.92 Å². The fourth-order valence-electron chi connectivity index (χ4n) is 3.70. The zero-order valence-electron chi connectivity index (χ0n) is 17.2. The van der Waals surface area contributed by atoms with Gasteiger partial charge in [-0.3, -0.25) is 9.59 Å². The molecule has 1 saturated heterocycles. The fourth-order valence-corrected chi connectivity index (χ4v) is 5.78. The number of carbonyl (C=O) groups is 2. The summed E-state index contributed by atoms with van der Waals surface area (Å²) in [4.78, 5) is 28.0. The van der Waals surface area contributed by atoms with Gasteiger partial charge in [-0.25, -0.2) is 13.1 Å². The molecule has 2 aromatic rings. The number of hydrogen-bond donors (Lipinski definition) is 2. The number of amides is 2. The number of carbonyl (C=O) groups excluding carboxylic acids is 2. The van der Waals surface area contributed by atoms with E-state index in [-0.39, 0.29) is 17.3 Å². The Kier molecular flexibility index (Phi) is 6.40. The minimum absolute atomic E-state index is 0.0285. The highest BCUT2D eigenvalue weighted by Crippen LogP contribution is 2.38. The lowest BCUT2D eigenvalue weighted by Crippen LogP contribution is -2.45. The molecule has 1 aromatic heterocycles. The molecule has 3 heterocycles. The van der Waals surface area contributed by atoms with Gasteiger partial charge in [-0.1, -0.05) is 12.8 Å². The Labute approximate surface area is 185 Å². The van der Waals surface area contributed by atoms with Crippen LogP contribution >= 0.6 is 11.8 Å². The second kappa shape index (κ2) is 9.05. The van der Waals surface area contributed by atoms with Crippen LogP contribution in [0.25, 0.3) is 0 Å². The van der Waals surface area contributed by atoms with Crippen molar-refractivity contribution in [1.29, 1.82) is 0 Å². The first-order valence-electron chi connectivity index (χ1n) is 10.3. The minimum Gasteiger partial charge on any atom is -0.465 e.